The molecule has 2 amide bonds. The van der Waals surface area contributed by atoms with Crippen molar-refractivity contribution >= 4 is 29.2 Å². The number of fused-ring (bicyclic) bond motifs is 1. The molecule has 8 nitrogen and oxygen atoms in total. The predicted octanol–water partition coefficient (Wildman–Crippen LogP) is 4.14. The molecular formula is C21H21ClN6O2. The largest absolute Gasteiger partial charge is 0.439 e. The van der Waals surface area contributed by atoms with Crippen molar-refractivity contribution in [3.63, 3.8) is 0 Å². The van der Waals surface area contributed by atoms with E-state index in [0.717, 1.165) is 34.0 Å². The van der Waals surface area contributed by atoms with Gasteiger partial charge in [0.25, 0.3) is 0 Å². The van der Waals surface area contributed by atoms with Crippen molar-refractivity contribution in [1.82, 2.24) is 24.7 Å². The van der Waals surface area contributed by atoms with Gasteiger partial charge in [-0.1, -0.05) is 24.6 Å². The van der Waals surface area contributed by atoms with E-state index in [1.165, 1.54) is 0 Å². The number of nitrogens with one attached hydrogen (secondary N) is 1. The van der Waals surface area contributed by atoms with Gasteiger partial charge < -0.3 is 9.73 Å². The molecule has 0 saturated carbocycles. The minimum Gasteiger partial charge on any atom is -0.439 e. The van der Waals surface area contributed by atoms with E-state index in [1.54, 1.807) is 9.58 Å². The van der Waals surface area contributed by atoms with Crippen LogP contribution in [0.3, 0.4) is 0 Å². The van der Waals surface area contributed by atoms with Gasteiger partial charge in [0, 0.05) is 35.9 Å². The molecular weight excluding hydrogens is 404 g/mol. The zero-order chi connectivity index (χ0) is 21.0. The van der Waals surface area contributed by atoms with E-state index in [-0.39, 0.29) is 6.03 Å². The number of carbonyl (C=O) groups is 1. The van der Waals surface area contributed by atoms with Gasteiger partial charge in [-0.05, 0) is 38.0 Å². The first-order chi connectivity index (χ1) is 14.5. The Labute approximate surface area is 178 Å². The number of rotatable bonds is 4. The maximum absolute atomic E-state index is 12.0. The molecule has 4 aromatic rings. The molecule has 5 rings (SSSR count). The van der Waals surface area contributed by atoms with Crippen molar-refractivity contribution in [2.45, 2.75) is 27.2 Å². The topological polar surface area (TPSA) is 80.6 Å². The monoisotopic (exact) mass is 424 g/mol. The summed E-state index contributed by atoms with van der Waals surface area (Å²) >= 11 is 6.14. The molecule has 0 radical (unpaired) electrons. The van der Waals surface area contributed by atoms with Gasteiger partial charge in [0.05, 0.1) is 5.69 Å². The smallest absolute Gasteiger partial charge is 0.323 e. The first kappa shape index (κ1) is 18.7. The second kappa shape index (κ2) is 6.91. The summed E-state index contributed by atoms with van der Waals surface area (Å²) in [6, 6.07) is 7.48. The Morgan fingerprint density at radius 2 is 2.07 bits per heavy atom. The summed E-state index contributed by atoms with van der Waals surface area (Å²) in [6.45, 7) is 7.20. The summed E-state index contributed by atoms with van der Waals surface area (Å²) in [4.78, 5) is 13.6. The molecule has 4 heterocycles. The van der Waals surface area contributed by atoms with E-state index in [2.05, 4.69) is 10.4 Å². The third-order valence-corrected chi connectivity index (χ3v) is 5.64. The van der Waals surface area contributed by atoms with Crippen LogP contribution in [0.4, 0.5) is 10.6 Å². The van der Waals surface area contributed by atoms with E-state index in [1.807, 2.05) is 55.7 Å². The molecule has 9 heteroatoms. The van der Waals surface area contributed by atoms with Gasteiger partial charge in [-0.3, -0.25) is 4.90 Å². The lowest BCUT2D eigenvalue weighted by Gasteiger charge is -2.09. The molecule has 0 atom stereocenters. The number of oxazole rings is 1. The lowest BCUT2D eigenvalue weighted by molar-refractivity contribution is 0.252. The van der Waals surface area contributed by atoms with Crippen LogP contribution in [0.1, 0.15) is 23.9 Å². The normalized spacial score (nSPS) is 14.1. The van der Waals surface area contributed by atoms with Gasteiger partial charge in [0.1, 0.15) is 11.5 Å². The Bertz CT molecular complexity index is 1280. The molecule has 0 unspecified atom stereocenters. The van der Waals surface area contributed by atoms with E-state index >= 15 is 0 Å². The summed E-state index contributed by atoms with van der Waals surface area (Å²) in [5, 5.41) is 13.0. The third-order valence-electron chi connectivity index (χ3n) is 5.40. The van der Waals surface area contributed by atoms with Crippen molar-refractivity contribution in [3.05, 3.63) is 52.5 Å². The average molecular weight is 425 g/mol. The van der Waals surface area contributed by atoms with Gasteiger partial charge in [-0.2, -0.15) is 9.61 Å². The number of aromatic nitrogens is 4. The molecule has 3 aromatic heterocycles. The highest BCUT2D eigenvalue weighted by atomic mass is 35.5. The summed E-state index contributed by atoms with van der Waals surface area (Å²) in [7, 11) is 0. The Balaban J connectivity index is 1.67. The zero-order valence-corrected chi connectivity index (χ0v) is 17.7. The highest BCUT2D eigenvalue weighted by Gasteiger charge is 2.26. The van der Waals surface area contributed by atoms with Crippen LogP contribution < -0.4 is 10.2 Å². The van der Waals surface area contributed by atoms with Crippen molar-refractivity contribution in [2.24, 2.45) is 0 Å². The van der Waals surface area contributed by atoms with Crippen LogP contribution in [0.5, 0.6) is 0 Å². The molecule has 1 N–H and O–H groups in total. The predicted molar refractivity (Wildman–Crippen MR) is 115 cm³/mol. The van der Waals surface area contributed by atoms with E-state index in [0.29, 0.717) is 36.1 Å². The highest BCUT2D eigenvalue weighted by Crippen LogP contribution is 2.34. The maximum Gasteiger partial charge on any atom is 0.323 e. The summed E-state index contributed by atoms with van der Waals surface area (Å²) in [5.41, 5.74) is 5.22. The number of hydrogen-bond donors (Lipinski definition) is 1. The first-order valence-electron chi connectivity index (χ1n) is 9.87. The maximum atomic E-state index is 12.0. The molecule has 1 fully saturated rings. The van der Waals surface area contributed by atoms with Crippen LogP contribution in [0.15, 0.2) is 34.9 Å². The standard InChI is InChI=1S/C21H21ClN6O2/c1-4-16-19(27-9-7-17(25-27)26-10-8-23-21(26)29)20-28(24-16)18(13(3)30-20)15-6-5-14(22)11-12(15)2/h5-7,9,11H,4,8,10H2,1-3H3,(H,23,29). The molecule has 1 aromatic carbocycles. The number of hydrogen-bond acceptors (Lipinski definition) is 4. The molecule has 1 saturated heterocycles. The number of carbonyl (C=O) groups excluding carboxylic acids is 1. The Hall–Kier alpha value is -3.26. The third kappa shape index (κ3) is 2.79. The van der Waals surface area contributed by atoms with Crippen LogP contribution in [-0.2, 0) is 6.42 Å². The number of nitrogens with zero attached hydrogens (tertiary/aromatic N) is 5. The number of halogens is 1. The number of amides is 2. The molecule has 0 aliphatic carbocycles. The number of anilines is 1. The second-order valence-corrected chi connectivity index (χ2v) is 7.77. The van der Waals surface area contributed by atoms with Crippen LogP contribution in [0.2, 0.25) is 5.02 Å². The summed E-state index contributed by atoms with van der Waals surface area (Å²) in [5.74, 6) is 1.36. The lowest BCUT2D eigenvalue weighted by Crippen LogP contribution is -2.28. The van der Waals surface area contributed by atoms with Crippen molar-refractivity contribution in [2.75, 3.05) is 18.0 Å². The number of benzene rings is 1. The first-order valence-corrected chi connectivity index (χ1v) is 10.2. The van der Waals surface area contributed by atoms with Crippen LogP contribution in [-0.4, -0.2) is 38.5 Å². The Morgan fingerprint density at radius 3 is 2.77 bits per heavy atom. The van der Waals surface area contributed by atoms with Gasteiger partial charge in [0.15, 0.2) is 11.5 Å². The Morgan fingerprint density at radius 1 is 1.23 bits per heavy atom. The van der Waals surface area contributed by atoms with E-state index in [9.17, 15) is 4.79 Å². The molecule has 1 aliphatic heterocycles. The Kier molecular flexibility index (Phi) is 4.32. The van der Waals surface area contributed by atoms with Gasteiger partial charge >= 0.3 is 6.03 Å². The van der Waals surface area contributed by atoms with Gasteiger partial charge in [-0.25, -0.2) is 9.48 Å². The fraction of sp³-hybridized carbons (Fsp3) is 0.286. The average Bonchev–Trinajstić information content (AvgIpc) is 3.46. The lowest BCUT2D eigenvalue weighted by atomic mass is 10.1. The fourth-order valence-corrected chi connectivity index (χ4v) is 4.19. The van der Waals surface area contributed by atoms with Crippen molar-refractivity contribution < 1.29 is 9.21 Å². The summed E-state index contributed by atoms with van der Waals surface area (Å²) in [6.07, 6.45) is 2.55. The van der Waals surface area contributed by atoms with E-state index < -0.39 is 0 Å². The van der Waals surface area contributed by atoms with E-state index in [4.69, 9.17) is 21.1 Å². The molecule has 1 aliphatic rings. The molecule has 30 heavy (non-hydrogen) atoms. The van der Waals surface area contributed by atoms with Crippen molar-refractivity contribution in [1.29, 1.82) is 0 Å². The summed E-state index contributed by atoms with van der Waals surface area (Å²) < 4.78 is 9.75. The number of urea groups is 1. The zero-order valence-electron chi connectivity index (χ0n) is 16.9. The molecule has 154 valence electrons. The minimum atomic E-state index is -0.134. The molecule has 0 spiro atoms. The van der Waals surface area contributed by atoms with Crippen molar-refractivity contribution in [3.8, 4) is 16.9 Å². The fourth-order valence-electron chi connectivity index (χ4n) is 3.96. The van der Waals surface area contributed by atoms with Crippen LogP contribution in [0.25, 0.3) is 22.7 Å². The minimum absolute atomic E-state index is 0.134. The number of aryl methyl sites for hydroxylation is 3. The van der Waals surface area contributed by atoms with Crippen LogP contribution >= 0.6 is 11.6 Å². The quantitative estimate of drug-likeness (QED) is 0.533. The second-order valence-electron chi connectivity index (χ2n) is 7.33. The SMILES string of the molecule is CCc1nn2c(-c3ccc(Cl)cc3C)c(C)oc2c1-n1ccc(N2CCNC2=O)n1. The van der Waals surface area contributed by atoms with Gasteiger partial charge in [-0.15, -0.1) is 5.10 Å². The van der Waals surface area contributed by atoms with Gasteiger partial charge in [0.2, 0.25) is 5.71 Å². The van der Waals surface area contributed by atoms with Crippen LogP contribution in [0, 0.1) is 13.8 Å². The highest BCUT2D eigenvalue weighted by molar-refractivity contribution is 6.30. The molecule has 0 bridgehead atoms.